The molecule has 3 heterocycles. The van der Waals surface area contributed by atoms with E-state index >= 15 is 0 Å². The van der Waals surface area contributed by atoms with Crippen molar-refractivity contribution in [3.63, 3.8) is 0 Å². The van der Waals surface area contributed by atoms with E-state index in [9.17, 15) is 9.59 Å². The summed E-state index contributed by atoms with van der Waals surface area (Å²) >= 11 is 0. The Hall–Kier alpha value is -1.73. The third-order valence-electron chi connectivity index (χ3n) is 5.24. The van der Waals surface area contributed by atoms with Gasteiger partial charge in [0.1, 0.15) is 0 Å². The summed E-state index contributed by atoms with van der Waals surface area (Å²) in [6, 6.07) is 0.123. The minimum atomic E-state index is 0.0223. The molecule has 1 aromatic rings. The summed E-state index contributed by atoms with van der Waals surface area (Å²) in [5, 5.41) is 4.44. The monoisotopic (exact) mass is 348 g/mol. The van der Waals surface area contributed by atoms with Crippen LogP contribution in [-0.4, -0.2) is 77.2 Å². The second kappa shape index (κ2) is 7.25. The summed E-state index contributed by atoms with van der Waals surface area (Å²) < 4.78 is 7.53. The van der Waals surface area contributed by atoms with Crippen LogP contribution in [0.1, 0.15) is 35.1 Å². The summed E-state index contributed by atoms with van der Waals surface area (Å²) in [6.07, 6.45) is 0.395. The lowest BCUT2D eigenvalue weighted by molar-refractivity contribution is -0.134. The molecule has 0 aliphatic carbocycles. The number of hydrogen-bond acceptors (Lipinski definition) is 5. The fourth-order valence-corrected chi connectivity index (χ4v) is 4.15. The Bertz CT molecular complexity index is 670. The van der Waals surface area contributed by atoms with Gasteiger partial charge in [0.25, 0.3) is 0 Å². The van der Waals surface area contributed by atoms with Crippen molar-refractivity contribution < 1.29 is 14.3 Å². The van der Waals surface area contributed by atoms with Gasteiger partial charge in [0.2, 0.25) is 5.91 Å². The number of aryl methyl sites for hydroxylation is 2. The number of ether oxygens (including phenoxy) is 1. The van der Waals surface area contributed by atoms with Gasteiger partial charge in [0, 0.05) is 44.2 Å². The average Bonchev–Trinajstić information content (AvgIpc) is 2.66. The van der Waals surface area contributed by atoms with E-state index in [1.807, 2.05) is 18.7 Å². The molecule has 0 N–H and O–H groups in total. The highest BCUT2D eigenvalue weighted by Crippen LogP contribution is 2.20. The SMILES string of the molecule is CC(=O)c1c(C)nn(CCC(=O)N2C[C@H]3COC[C@@H]2CN(C)C3)c1C. The summed E-state index contributed by atoms with van der Waals surface area (Å²) in [4.78, 5) is 28.9. The van der Waals surface area contributed by atoms with Crippen molar-refractivity contribution in [3.05, 3.63) is 17.0 Å². The molecule has 138 valence electrons. The summed E-state index contributed by atoms with van der Waals surface area (Å²) in [7, 11) is 2.11. The minimum absolute atomic E-state index is 0.0223. The number of amides is 1. The molecule has 0 spiro atoms. The lowest BCUT2D eigenvalue weighted by Gasteiger charge is -2.29. The maximum absolute atomic E-state index is 12.9. The molecule has 2 aliphatic rings. The van der Waals surface area contributed by atoms with Gasteiger partial charge in [-0.05, 0) is 27.8 Å². The maximum atomic E-state index is 12.9. The third kappa shape index (κ3) is 3.77. The molecule has 1 aromatic heterocycles. The van der Waals surface area contributed by atoms with Crippen molar-refractivity contribution in [2.24, 2.45) is 5.92 Å². The van der Waals surface area contributed by atoms with E-state index in [0.29, 0.717) is 31.1 Å². The van der Waals surface area contributed by atoms with E-state index in [1.54, 1.807) is 11.6 Å². The van der Waals surface area contributed by atoms with Crippen LogP contribution >= 0.6 is 0 Å². The third-order valence-corrected chi connectivity index (χ3v) is 5.24. The number of rotatable bonds is 4. The van der Waals surface area contributed by atoms with E-state index < -0.39 is 0 Å². The van der Waals surface area contributed by atoms with Gasteiger partial charge in [0.05, 0.1) is 30.5 Å². The number of hydrogen-bond donors (Lipinski definition) is 0. The van der Waals surface area contributed by atoms with Crippen LogP contribution in [0.4, 0.5) is 0 Å². The van der Waals surface area contributed by atoms with Crippen LogP contribution in [0.5, 0.6) is 0 Å². The standard InChI is InChI=1S/C18H28N4O3/c1-12-18(14(3)23)13(2)22(19-12)6-5-17(24)21-8-15-7-20(4)9-16(21)11-25-10-15/h15-16H,5-11H2,1-4H3/t15-,16-/m0/s1. The molecule has 2 fully saturated rings. The van der Waals surface area contributed by atoms with E-state index in [2.05, 4.69) is 17.0 Å². The molecule has 25 heavy (non-hydrogen) atoms. The number of carbonyl (C=O) groups excluding carboxylic acids is 2. The van der Waals surface area contributed by atoms with Crippen molar-refractivity contribution in [3.8, 4) is 0 Å². The average molecular weight is 348 g/mol. The van der Waals surface area contributed by atoms with Gasteiger partial charge in [-0.15, -0.1) is 0 Å². The molecule has 2 bridgehead atoms. The van der Waals surface area contributed by atoms with Crippen LogP contribution < -0.4 is 0 Å². The van der Waals surface area contributed by atoms with Crippen molar-refractivity contribution in [1.82, 2.24) is 19.6 Å². The van der Waals surface area contributed by atoms with E-state index in [4.69, 9.17) is 4.74 Å². The number of aromatic nitrogens is 2. The summed E-state index contributed by atoms with van der Waals surface area (Å²) in [6.45, 7) is 9.73. The molecule has 3 rings (SSSR count). The topological polar surface area (TPSA) is 67.7 Å². The van der Waals surface area contributed by atoms with Gasteiger partial charge in [-0.25, -0.2) is 0 Å². The molecule has 1 amide bonds. The predicted molar refractivity (Wildman–Crippen MR) is 93.6 cm³/mol. The lowest BCUT2D eigenvalue weighted by atomic mass is 10.1. The van der Waals surface area contributed by atoms with Gasteiger partial charge >= 0.3 is 0 Å². The Kier molecular flexibility index (Phi) is 5.24. The zero-order valence-electron chi connectivity index (χ0n) is 15.6. The smallest absolute Gasteiger partial charge is 0.224 e. The number of likely N-dealkylation sites (N-methyl/N-ethyl adjacent to an activating group) is 1. The first-order valence-corrected chi connectivity index (χ1v) is 8.97. The Labute approximate surface area is 148 Å². The van der Waals surface area contributed by atoms with Gasteiger partial charge in [0.15, 0.2) is 5.78 Å². The fraction of sp³-hybridized carbons (Fsp3) is 0.722. The summed E-state index contributed by atoms with van der Waals surface area (Å²) in [5.41, 5.74) is 2.25. The quantitative estimate of drug-likeness (QED) is 0.756. The zero-order chi connectivity index (χ0) is 18.1. The lowest BCUT2D eigenvalue weighted by Crippen LogP contribution is -2.46. The largest absolute Gasteiger partial charge is 0.379 e. The van der Waals surface area contributed by atoms with Crippen LogP contribution in [-0.2, 0) is 16.1 Å². The molecule has 2 aliphatic heterocycles. The zero-order valence-corrected chi connectivity index (χ0v) is 15.6. The highest BCUT2D eigenvalue weighted by Gasteiger charge is 2.34. The number of Topliss-reactive ketones (excluding diaryl/α,β-unsaturated/α-hetero) is 1. The fourth-order valence-electron chi connectivity index (χ4n) is 4.15. The highest BCUT2D eigenvalue weighted by molar-refractivity contribution is 5.96. The molecule has 7 heteroatoms. The molecule has 0 unspecified atom stereocenters. The molecular formula is C18H28N4O3. The van der Waals surface area contributed by atoms with E-state index in [-0.39, 0.29) is 17.7 Å². The molecule has 2 atom stereocenters. The number of ketones is 1. The van der Waals surface area contributed by atoms with Gasteiger partial charge in [-0.2, -0.15) is 5.10 Å². The summed E-state index contributed by atoms with van der Waals surface area (Å²) in [5.74, 6) is 0.543. The first-order valence-electron chi connectivity index (χ1n) is 8.97. The first-order chi connectivity index (χ1) is 11.9. The number of carbonyl (C=O) groups is 2. The molecule has 7 nitrogen and oxygen atoms in total. The second-order valence-corrected chi connectivity index (χ2v) is 7.40. The predicted octanol–water partition coefficient (Wildman–Crippen LogP) is 0.882. The van der Waals surface area contributed by atoms with Crippen molar-refractivity contribution in [2.75, 3.05) is 39.9 Å². The number of nitrogens with zero attached hydrogens (tertiary/aromatic N) is 4. The molecule has 0 saturated carbocycles. The highest BCUT2D eigenvalue weighted by atomic mass is 16.5. The first kappa shape index (κ1) is 18.1. The van der Waals surface area contributed by atoms with E-state index in [1.165, 1.54) is 0 Å². The van der Waals surface area contributed by atoms with Crippen LogP contribution in [0, 0.1) is 19.8 Å². The Morgan fingerprint density at radius 3 is 2.64 bits per heavy atom. The minimum Gasteiger partial charge on any atom is -0.379 e. The van der Waals surface area contributed by atoms with Crippen molar-refractivity contribution in [2.45, 2.75) is 39.8 Å². The molecule has 0 radical (unpaired) electrons. The Morgan fingerprint density at radius 1 is 1.20 bits per heavy atom. The van der Waals surface area contributed by atoms with Crippen LogP contribution in [0.3, 0.4) is 0 Å². The molecule has 0 aromatic carbocycles. The van der Waals surface area contributed by atoms with Gasteiger partial charge in [-0.3, -0.25) is 14.3 Å². The van der Waals surface area contributed by atoms with Crippen molar-refractivity contribution in [1.29, 1.82) is 0 Å². The van der Waals surface area contributed by atoms with Crippen molar-refractivity contribution >= 4 is 11.7 Å². The van der Waals surface area contributed by atoms with E-state index in [0.717, 1.165) is 37.6 Å². The van der Waals surface area contributed by atoms with Crippen LogP contribution in [0.25, 0.3) is 0 Å². The van der Waals surface area contributed by atoms with Crippen LogP contribution in [0.15, 0.2) is 0 Å². The van der Waals surface area contributed by atoms with Gasteiger partial charge in [-0.1, -0.05) is 0 Å². The Morgan fingerprint density at radius 2 is 1.96 bits per heavy atom. The maximum Gasteiger partial charge on any atom is 0.224 e. The van der Waals surface area contributed by atoms with Gasteiger partial charge < -0.3 is 14.5 Å². The molecular weight excluding hydrogens is 320 g/mol. The second-order valence-electron chi connectivity index (χ2n) is 7.40. The number of fused-ring (bicyclic) bond motifs is 3. The normalized spacial score (nSPS) is 24.2. The molecule has 2 saturated heterocycles. The van der Waals surface area contributed by atoms with Crippen LogP contribution in [0.2, 0.25) is 0 Å². The Balaban J connectivity index is 1.68.